The number of halogens is 1. The van der Waals surface area contributed by atoms with Crippen molar-refractivity contribution in [3.05, 3.63) is 0 Å². The number of sulfonamides is 1. The Morgan fingerprint density at radius 2 is 1.63 bits per heavy atom. The van der Waals surface area contributed by atoms with Crippen molar-refractivity contribution < 1.29 is 13.2 Å². The topological polar surface area (TPSA) is 77.5 Å². The highest BCUT2D eigenvalue weighted by Gasteiger charge is 2.29. The zero-order valence-electron chi connectivity index (χ0n) is 19.3. The van der Waals surface area contributed by atoms with E-state index in [-0.39, 0.29) is 42.4 Å². The van der Waals surface area contributed by atoms with Crippen LogP contribution in [0.4, 0.5) is 0 Å². The molecule has 0 saturated carbocycles. The Labute approximate surface area is 200 Å². The number of piperazine rings is 1. The van der Waals surface area contributed by atoms with Gasteiger partial charge in [0.05, 0.1) is 18.5 Å². The Morgan fingerprint density at radius 1 is 1.03 bits per heavy atom. The molecule has 2 aliphatic heterocycles. The second-order valence-electron chi connectivity index (χ2n) is 8.60. The van der Waals surface area contributed by atoms with Crippen LogP contribution >= 0.6 is 24.0 Å². The van der Waals surface area contributed by atoms with Crippen LogP contribution in [-0.2, 0) is 14.8 Å². The third kappa shape index (κ3) is 8.40. The van der Waals surface area contributed by atoms with Crippen molar-refractivity contribution in [2.24, 2.45) is 10.9 Å². The van der Waals surface area contributed by atoms with Gasteiger partial charge in [-0.1, -0.05) is 13.8 Å². The molecular formula is C20H42IN5O3S. The van der Waals surface area contributed by atoms with Gasteiger partial charge in [0.15, 0.2) is 5.96 Å². The van der Waals surface area contributed by atoms with Crippen LogP contribution in [0.25, 0.3) is 0 Å². The van der Waals surface area contributed by atoms with Gasteiger partial charge in [0.25, 0.3) is 0 Å². The van der Waals surface area contributed by atoms with Crippen LogP contribution in [0.1, 0.15) is 40.5 Å². The molecule has 1 N–H and O–H groups in total. The molecule has 2 heterocycles. The molecule has 30 heavy (non-hydrogen) atoms. The van der Waals surface area contributed by atoms with Gasteiger partial charge in [0, 0.05) is 45.8 Å². The van der Waals surface area contributed by atoms with Crippen LogP contribution in [0.15, 0.2) is 4.99 Å². The van der Waals surface area contributed by atoms with Gasteiger partial charge in [-0.15, -0.1) is 24.0 Å². The van der Waals surface area contributed by atoms with E-state index in [1.54, 1.807) is 11.4 Å². The van der Waals surface area contributed by atoms with Gasteiger partial charge in [-0.2, -0.15) is 4.31 Å². The van der Waals surface area contributed by atoms with E-state index in [2.05, 4.69) is 34.0 Å². The van der Waals surface area contributed by atoms with Gasteiger partial charge >= 0.3 is 0 Å². The number of hydrogen-bond donors (Lipinski definition) is 1. The highest BCUT2D eigenvalue weighted by molar-refractivity contribution is 14.0. The molecule has 0 radical (unpaired) electrons. The molecule has 1 unspecified atom stereocenters. The smallest absolute Gasteiger partial charge is 0.216 e. The summed E-state index contributed by atoms with van der Waals surface area (Å²) < 4.78 is 32.0. The van der Waals surface area contributed by atoms with Gasteiger partial charge in [-0.05, 0) is 45.7 Å². The number of aliphatic imine (C=N–C) groups is 1. The first kappa shape index (κ1) is 27.9. The molecule has 8 nitrogen and oxygen atoms in total. The fraction of sp³-hybridized carbons (Fsp3) is 0.950. The SMILES string of the molecule is CN=C(NCC(C(C)C)N1CCCC1)N1CCN(S(=O)(=O)CCOC(C)C)CC1.I. The van der Waals surface area contributed by atoms with E-state index in [1.165, 1.54) is 25.9 Å². The molecule has 0 aromatic carbocycles. The fourth-order valence-corrected chi connectivity index (χ4v) is 5.37. The lowest BCUT2D eigenvalue weighted by Gasteiger charge is -2.37. The molecular weight excluding hydrogens is 517 g/mol. The maximum atomic E-state index is 12.5. The average Bonchev–Trinajstić information content (AvgIpc) is 3.19. The third-order valence-corrected chi connectivity index (χ3v) is 7.62. The minimum absolute atomic E-state index is 0. The van der Waals surface area contributed by atoms with Crippen molar-refractivity contribution in [3.8, 4) is 0 Å². The Bertz CT molecular complexity index is 616. The molecule has 2 fully saturated rings. The van der Waals surface area contributed by atoms with E-state index < -0.39 is 10.0 Å². The number of likely N-dealkylation sites (tertiary alicyclic amines) is 1. The second-order valence-corrected chi connectivity index (χ2v) is 10.7. The summed E-state index contributed by atoms with van der Waals surface area (Å²) in [6.07, 6.45) is 2.62. The van der Waals surface area contributed by atoms with Crippen molar-refractivity contribution in [1.29, 1.82) is 0 Å². The molecule has 0 amide bonds. The van der Waals surface area contributed by atoms with Crippen molar-refractivity contribution in [2.75, 3.05) is 65.2 Å². The van der Waals surface area contributed by atoms with Crippen molar-refractivity contribution >= 4 is 40.0 Å². The second kappa shape index (κ2) is 13.4. The van der Waals surface area contributed by atoms with E-state index in [4.69, 9.17) is 4.74 Å². The molecule has 1 atom stereocenters. The summed E-state index contributed by atoms with van der Waals surface area (Å²) >= 11 is 0. The van der Waals surface area contributed by atoms with E-state index in [9.17, 15) is 8.42 Å². The summed E-state index contributed by atoms with van der Waals surface area (Å²) in [6, 6.07) is 0.497. The molecule has 10 heteroatoms. The van der Waals surface area contributed by atoms with Gasteiger partial charge < -0.3 is 15.0 Å². The average molecular weight is 560 g/mol. The molecule has 0 aliphatic carbocycles. The maximum Gasteiger partial charge on any atom is 0.216 e. The lowest BCUT2D eigenvalue weighted by Crippen LogP contribution is -2.56. The number of rotatable bonds is 9. The van der Waals surface area contributed by atoms with Crippen LogP contribution in [0.3, 0.4) is 0 Å². The largest absolute Gasteiger partial charge is 0.378 e. The Kier molecular flexibility index (Phi) is 12.4. The van der Waals surface area contributed by atoms with Gasteiger partial charge in [0.1, 0.15) is 0 Å². The summed E-state index contributed by atoms with van der Waals surface area (Å²) in [5.74, 6) is 1.49. The number of nitrogens with zero attached hydrogens (tertiary/aromatic N) is 4. The first-order valence-corrected chi connectivity index (χ1v) is 12.6. The Hall–Kier alpha value is -0.170. The Balaban J connectivity index is 0.00000450. The molecule has 2 rings (SSSR count). The molecule has 2 saturated heterocycles. The van der Waals surface area contributed by atoms with Crippen LogP contribution in [0.5, 0.6) is 0 Å². The number of hydrogen-bond acceptors (Lipinski definition) is 5. The van der Waals surface area contributed by atoms with E-state index >= 15 is 0 Å². The quantitative estimate of drug-likeness (QED) is 0.263. The summed E-state index contributed by atoms with van der Waals surface area (Å²) in [7, 11) is -1.47. The highest BCUT2D eigenvalue weighted by atomic mass is 127. The van der Waals surface area contributed by atoms with E-state index in [1.807, 2.05) is 13.8 Å². The van der Waals surface area contributed by atoms with Crippen molar-refractivity contribution in [3.63, 3.8) is 0 Å². The molecule has 0 bridgehead atoms. The summed E-state index contributed by atoms with van der Waals surface area (Å²) in [5, 5.41) is 3.54. The predicted octanol–water partition coefficient (Wildman–Crippen LogP) is 1.67. The highest BCUT2D eigenvalue weighted by Crippen LogP contribution is 2.17. The summed E-state index contributed by atoms with van der Waals surface area (Å²) in [4.78, 5) is 9.19. The Morgan fingerprint density at radius 3 is 2.13 bits per heavy atom. The fourth-order valence-electron chi connectivity index (χ4n) is 4.08. The molecule has 2 aliphatic rings. The first-order valence-electron chi connectivity index (χ1n) is 11.0. The van der Waals surface area contributed by atoms with Crippen LogP contribution in [0.2, 0.25) is 0 Å². The lowest BCUT2D eigenvalue weighted by molar-refractivity contribution is 0.0904. The minimum Gasteiger partial charge on any atom is -0.378 e. The number of guanidine groups is 1. The molecule has 178 valence electrons. The van der Waals surface area contributed by atoms with Crippen LogP contribution in [-0.4, -0.2) is 106 Å². The lowest BCUT2D eigenvalue weighted by atomic mass is 10.0. The normalized spacial score (nSPS) is 20.6. The third-order valence-electron chi connectivity index (χ3n) is 5.78. The van der Waals surface area contributed by atoms with Crippen LogP contribution < -0.4 is 5.32 Å². The maximum absolute atomic E-state index is 12.5. The zero-order valence-corrected chi connectivity index (χ0v) is 22.5. The van der Waals surface area contributed by atoms with Crippen molar-refractivity contribution in [2.45, 2.75) is 52.7 Å². The van der Waals surface area contributed by atoms with E-state index in [0.717, 1.165) is 12.5 Å². The molecule has 0 aromatic rings. The first-order chi connectivity index (χ1) is 13.7. The monoisotopic (exact) mass is 559 g/mol. The molecule has 0 aromatic heterocycles. The summed E-state index contributed by atoms with van der Waals surface area (Å²) in [5.41, 5.74) is 0. The predicted molar refractivity (Wildman–Crippen MR) is 134 cm³/mol. The van der Waals surface area contributed by atoms with Crippen LogP contribution in [0, 0.1) is 5.92 Å². The van der Waals surface area contributed by atoms with Gasteiger partial charge in [-0.3, -0.25) is 9.89 Å². The zero-order chi connectivity index (χ0) is 21.4. The van der Waals surface area contributed by atoms with Gasteiger partial charge in [0.2, 0.25) is 10.0 Å². The van der Waals surface area contributed by atoms with E-state index in [0.29, 0.717) is 38.1 Å². The van der Waals surface area contributed by atoms with Gasteiger partial charge in [-0.25, -0.2) is 8.42 Å². The summed E-state index contributed by atoms with van der Waals surface area (Å²) in [6.45, 7) is 14.1. The number of nitrogens with one attached hydrogen (secondary N) is 1. The number of ether oxygens (including phenoxy) is 1. The molecule has 0 spiro atoms. The standard InChI is InChI=1S/C20H41N5O3S.HI/c1-17(2)19(23-8-6-7-9-23)16-22-20(21-5)24-10-12-25(13-11-24)29(26,27)15-14-28-18(3)4;/h17-19H,6-16H2,1-5H3,(H,21,22);1H. The van der Waals surface area contributed by atoms with Crippen molar-refractivity contribution in [1.82, 2.24) is 19.4 Å². The minimum atomic E-state index is -3.27.